The van der Waals surface area contributed by atoms with Crippen molar-refractivity contribution in [2.24, 2.45) is 22.6 Å². The molecule has 1 fully saturated rings. The molecule has 2 aliphatic heterocycles. The van der Waals surface area contributed by atoms with Crippen LogP contribution in [0.25, 0.3) is 0 Å². The molecule has 1 saturated heterocycles. The zero-order valence-corrected chi connectivity index (χ0v) is 27.7. The second-order valence-electron chi connectivity index (χ2n) is 12.5. The first kappa shape index (κ1) is 34.7. The van der Waals surface area contributed by atoms with E-state index in [0.29, 0.717) is 43.4 Å². The molecule has 0 aliphatic carbocycles. The second kappa shape index (κ2) is 14.5. The van der Waals surface area contributed by atoms with Crippen molar-refractivity contribution >= 4 is 36.2 Å². The Kier molecular flexibility index (Phi) is 11.2. The number of nitrogens with one attached hydrogen (secondary N) is 3. The first-order valence-electron chi connectivity index (χ1n) is 15.8. The number of H-pyrrole nitrogens is 2. The number of carbonyl (C=O) groups is 3. The summed E-state index contributed by atoms with van der Waals surface area (Å²) in [5.41, 5.74) is 15.5. The van der Waals surface area contributed by atoms with Crippen LogP contribution in [0, 0.1) is 18.8 Å². The number of aliphatic hydroxyl groups excluding tert-OH is 1. The van der Waals surface area contributed by atoms with E-state index in [0.717, 1.165) is 50.6 Å². The minimum atomic E-state index is -0.919. The Labute approximate surface area is 269 Å². The van der Waals surface area contributed by atoms with Gasteiger partial charge in [-0.25, -0.2) is 4.99 Å². The number of amides is 1. The normalized spacial score (nSPS) is 22.4. The number of carbonyl (C=O) groups excluding carboxylic acids is 1. The molecule has 2 aromatic rings. The van der Waals surface area contributed by atoms with Gasteiger partial charge >= 0.3 is 11.9 Å². The summed E-state index contributed by atoms with van der Waals surface area (Å²) in [6.07, 6.45) is 1.82. The third-order valence-corrected chi connectivity index (χ3v) is 10.1. The summed E-state index contributed by atoms with van der Waals surface area (Å²) in [5, 5.41) is 33.0. The lowest BCUT2D eigenvalue weighted by Crippen LogP contribution is -2.35. The number of nitrogens with zero attached hydrogens (tertiary/aromatic N) is 1. The van der Waals surface area contributed by atoms with Crippen LogP contribution in [0.5, 0.6) is 0 Å². The van der Waals surface area contributed by atoms with Gasteiger partial charge in [0.05, 0.1) is 5.71 Å². The SMILES string of the molecule is CCC1=C(C)C(Cc2[nH]c(Cc3[nH]c(C[C@H]4N[C@H](O)[C@H](C)[C@H]4C(C)S)c(C)c3CCC(=O)O)c(CCC(=O)O)c2CN)=NC1=O. The van der Waals surface area contributed by atoms with Crippen molar-refractivity contribution in [3.05, 3.63) is 56.2 Å². The quantitative estimate of drug-likeness (QED) is 0.136. The molecule has 0 spiro atoms. The first-order chi connectivity index (χ1) is 21.3. The Morgan fingerprint density at radius 1 is 0.978 bits per heavy atom. The molecule has 1 amide bonds. The van der Waals surface area contributed by atoms with Crippen molar-refractivity contribution in [2.75, 3.05) is 0 Å². The van der Waals surface area contributed by atoms with Crippen LogP contribution in [0.15, 0.2) is 16.1 Å². The van der Waals surface area contributed by atoms with E-state index in [-0.39, 0.29) is 54.8 Å². The number of allylic oxidation sites excluding steroid dienone is 1. The zero-order chi connectivity index (χ0) is 33.2. The molecule has 11 nitrogen and oxygen atoms in total. The van der Waals surface area contributed by atoms with E-state index in [9.17, 15) is 29.7 Å². The number of aromatic nitrogens is 2. The monoisotopic (exact) mass is 641 g/mol. The predicted molar refractivity (Wildman–Crippen MR) is 176 cm³/mol. The molecule has 4 heterocycles. The summed E-state index contributed by atoms with van der Waals surface area (Å²) < 4.78 is 0. The Morgan fingerprint density at radius 3 is 2.11 bits per heavy atom. The fraction of sp³-hybridized carbons (Fsp3) is 0.576. The summed E-state index contributed by atoms with van der Waals surface area (Å²) in [6.45, 7) is 10.1. The van der Waals surface area contributed by atoms with Gasteiger partial charge in [-0.05, 0) is 66.9 Å². The van der Waals surface area contributed by atoms with Crippen LogP contribution in [0.1, 0.15) is 92.0 Å². The molecule has 2 aromatic heterocycles. The standard InChI is InChI=1S/C33H47N5O6S/c1-6-19-15(2)24(37-33(19)44)11-27-22(14-34)21(8-10-30(41)42)26(36-27)13-25-20(7-9-29(39)40)16(3)23(35-25)12-28-31(18(5)45)17(4)32(43)38-28/h17-18,28,31-32,35-36,38,43,45H,6-14,34H2,1-5H3,(H,39,40)(H,41,42)/t17-,18?,28-,31+,32-/m1/s1. The minimum absolute atomic E-state index is 0.0220. The molecule has 0 bridgehead atoms. The van der Waals surface area contributed by atoms with E-state index in [1.807, 2.05) is 34.6 Å². The van der Waals surface area contributed by atoms with Crippen molar-refractivity contribution < 1.29 is 29.7 Å². The number of rotatable bonds is 15. The molecule has 5 atom stereocenters. The second-order valence-corrected chi connectivity index (χ2v) is 13.3. The Hall–Kier alpha value is -3.19. The lowest BCUT2D eigenvalue weighted by atomic mass is 9.86. The van der Waals surface area contributed by atoms with Crippen LogP contribution in [0.4, 0.5) is 0 Å². The Morgan fingerprint density at radius 2 is 1.56 bits per heavy atom. The number of aliphatic carboxylic acids is 2. The third kappa shape index (κ3) is 7.45. The number of aromatic amines is 2. The van der Waals surface area contributed by atoms with Crippen molar-refractivity contribution in [1.29, 1.82) is 0 Å². The molecule has 0 radical (unpaired) electrons. The van der Waals surface area contributed by atoms with Crippen LogP contribution in [-0.4, -0.2) is 66.4 Å². The molecule has 0 saturated carbocycles. The van der Waals surface area contributed by atoms with Crippen molar-refractivity contribution in [1.82, 2.24) is 15.3 Å². The van der Waals surface area contributed by atoms with E-state index < -0.39 is 18.2 Å². The number of carboxylic acids is 2. The van der Waals surface area contributed by atoms with E-state index >= 15 is 0 Å². The number of thiol groups is 1. The average molecular weight is 642 g/mol. The van der Waals surface area contributed by atoms with E-state index in [1.165, 1.54) is 0 Å². The highest BCUT2D eigenvalue weighted by Crippen LogP contribution is 2.35. The Balaban J connectivity index is 1.74. The smallest absolute Gasteiger partial charge is 0.303 e. The Bertz CT molecular complexity index is 1520. The third-order valence-electron chi connectivity index (χ3n) is 9.72. The van der Waals surface area contributed by atoms with Gasteiger partial charge in [0.25, 0.3) is 5.91 Å². The summed E-state index contributed by atoms with van der Waals surface area (Å²) >= 11 is 4.71. The number of aliphatic hydroxyl groups is 1. The van der Waals surface area contributed by atoms with Crippen LogP contribution in [-0.2, 0) is 53.0 Å². The van der Waals surface area contributed by atoms with Gasteiger partial charge < -0.3 is 31.0 Å². The van der Waals surface area contributed by atoms with Crippen LogP contribution >= 0.6 is 12.6 Å². The molecular weight excluding hydrogens is 594 g/mol. The number of carboxylic acid groups (broad SMARTS) is 2. The van der Waals surface area contributed by atoms with E-state index in [2.05, 4.69) is 20.3 Å². The largest absolute Gasteiger partial charge is 0.481 e. The van der Waals surface area contributed by atoms with Crippen molar-refractivity contribution in [3.63, 3.8) is 0 Å². The topological polar surface area (TPSA) is 194 Å². The van der Waals surface area contributed by atoms with Gasteiger partial charge in [0.1, 0.15) is 6.23 Å². The molecule has 8 N–H and O–H groups in total. The highest BCUT2D eigenvalue weighted by molar-refractivity contribution is 7.80. The van der Waals surface area contributed by atoms with Crippen molar-refractivity contribution in [3.8, 4) is 0 Å². The molecule has 1 unspecified atom stereocenters. The highest BCUT2D eigenvalue weighted by atomic mass is 32.1. The van der Waals surface area contributed by atoms with E-state index in [4.69, 9.17) is 18.4 Å². The van der Waals surface area contributed by atoms with Crippen LogP contribution in [0.2, 0.25) is 0 Å². The van der Waals surface area contributed by atoms with Gasteiger partial charge in [-0.3, -0.25) is 19.7 Å². The molecule has 45 heavy (non-hydrogen) atoms. The number of hydrogen-bond donors (Lipinski definition) is 8. The van der Waals surface area contributed by atoms with Gasteiger partial charge in [-0.2, -0.15) is 12.6 Å². The molecular formula is C33H47N5O6S. The average Bonchev–Trinajstić information content (AvgIpc) is 3.63. The van der Waals surface area contributed by atoms with Crippen LogP contribution < -0.4 is 11.1 Å². The van der Waals surface area contributed by atoms with Gasteiger partial charge in [-0.1, -0.05) is 20.8 Å². The molecule has 246 valence electrons. The highest BCUT2D eigenvalue weighted by Gasteiger charge is 2.41. The number of hydrogen-bond acceptors (Lipinski definition) is 7. The summed E-state index contributed by atoms with van der Waals surface area (Å²) in [7, 11) is 0. The maximum atomic E-state index is 12.4. The lowest BCUT2D eigenvalue weighted by molar-refractivity contribution is -0.138. The summed E-state index contributed by atoms with van der Waals surface area (Å²) in [4.78, 5) is 47.1. The van der Waals surface area contributed by atoms with Gasteiger partial charge in [0.2, 0.25) is 0 Å². The fourth-order valence-electron chi connectivity index (χ4n) is 7.26. The molecule has 0 aromatic carbocycles. The first-order valence-corrected chi connectivity index (χ1v) is 16.3. The van der Waals surface area contributed by atoms with Gasteiger partial charge in [-0.15, -0.1) is 0 Å². The predicted octanol–water partition coefficient (Wildman–Crippen LogP) is 3.39. The maximum Gasteiger partial charge on any atom is 0.303 e. The molecule has 4 rings (SSSR count). The summed E-state index contributed by atoms with van der Waals surface area (Å²) in [6, 6.07) is -0.0220. The van der Waals surface area contributed by atoms with E-state index in [1.54, 1.807) is 0 Å². The number of nitrogens with two attached hydrogens (primary N) is 1. The molecule has 12 heteroatoms. The van der Waals surface area contributed by atoms with Gasteiger partial charge in [0.15, 0.2) is 0 Å². The van der Waals surface area contributed by atoms with Gasteiger partial charge in [0, 0.05) is 84.2 Å². The maximum absolute atomic E-state index is 12.4. The lowest BCUT2D eigenvalue weighted by Gasteiger charge is -2.25. The molecule has 2 aliphatic rings. The van der Waals surface area contributed by atoms with Crippen LogP contribution in [0.3, 0.4) is 0 Å². The summed E-state index contributed by atoms with van der Waals surface area (Å²) in [5.74, 6) is -1.87. The fourth-order valence-corrected chi connectivity index (χ4v) is 7.73. The zero-order valence-electron chi connectivity index (χ0n) is 26.8. The number of aliphatic imine (C=N–C) groups is 1. The minimum Gasteiger partial charge on any atom is -0.481 e. The van der Waals surface area contributed by atoms with Crippen molar-refractivity contribution in [2.45, 2.75) is 110 Å².